The lowest BCUT2D eigenvalue weighted by atomic mass is 9.88. The number of nitrogens with zero attached hydrogens (tertiary/aromatic N) is 1. The molecule has 1 rings (SSSR count). The van der Waals surface area contributed by atoms with Crippen molar-refractivity contribution in [2.24, 2.45) is 5.92 Å². The van der Waals surface area contributed by atoms with Gasteiger partial charge in [0.1, 0.15) is 0 Å². The van der Waals surface area contributed by atoms with Gasteiger partial charge in [0.15, 0.2) is 0 Å². The van der Waals surface area contributed by atoms with Gasteiger partial charge in [-0.15, -0.1) is 0 Å². The summed E-state index contributed by atoms with van der Waals surface area (Å²) in [6.07, 6.45) is 57.2. The van der Waals surface area contributed by atoms with Crippen LogP contribution in [0.4, 0.5) is 0 Å². The van der Waals surface area contributed by atoms with Crippen LogP contribution in [0.3, 0.4) is 0 Å². The minimum absolute atomic E-state index is 0.749. The van der Waals surface area contributed by atoms with E-state index in [1.165, 1.54) is 180 Å². The zero-order valence-corrected chi connectivity index (χ0v) is 31.6. The van der Waals surface area contributed by atoms with Crippen LogP contribution in [-0.4, -0.2) is 37.6 Å². The summed E-state index contributed by atoms with van der Waals surface area (Å²) in [7, 11) is 2.35. The molecular formula is C44H82N2. The number of unbranched alkanes of at least 4 members (excludes halogenated alkanes) is 19. The third kappa shape index (κ3) is 29.1. The van der Waals surface area contributed by atoms with E-state index in [4.69, 9.17) is 0 Å². The Kier molecular flexibility index (Phi) is 32.8. The maximum Gasteiger partial charge on any atom is 0.0220 e. The molecule has 268 valence electrons. The molecule has 1 aliphatic rings. The zero-order chi connectivity index (χ0) is 33.0. The van der Waals surface area contributed by atoms with Gasteiger partial charge in [-0.3, -0.25) is 0 Å². The topological polar surface area (TPSA) is 15.3 Å². The average Bonchev–Trinajstić information content (AvgIpc) is 3.06. The van der Waals surface area contributed by atoms with E-state index in [1.807, 2.05) is 0 Å². The van der Waals surface area contributed by atoms with E-state index in [0.717, 1.165) is 31.3 Å². The fourth-order valence-corrected chi connectivity index (χ4v) is 6.91. The smallest absolute Gasteiger partial charge is 0.0220 e. The van der Waals surface area contributed by atoms with Crippen molar-refractivity contribution in [1.29, 1.82) is 0 Å². The van der Waals surface area contributed by atoms with Crippen molar-refractivity contribution < 1.29 is 0 Å². The summed E-state index contributed by atoms with van der Waals surface area (Å²) < 4.78 is 0. The number of hydrogen-bond donors (Lipinski definition) is 1. The molecule has 1 fully saturated rings. The van der Waals surface area contributed by atoms with E-state index >= 15 is 0 Å². The van der Waals surface area contributed by atoms with Crippen LogP contribution in [0.5, 0.6) is 0 Å². The third-order valence-electron chi connectivity index (χ3n) is 10.1. The summed E-state index contributed by atoms with van der Waals surface area (Å²) in [4.78, 5) is 2.63. The predicted molar refractivity (Wildman–Crippen MR) is 210 cm³/mol. The number of piperazine rings is 1. The number of rotatable bonds is 33. The highest BCUT2D eigenvalue weighted by atomic mass is 15.2. The van der Waals surface area contributed by atoms with Crippen LogP contribution in [-0.2, 0) is 0 Å². The average molecular weight is 639 g/mol. The van der Waals surface area contributed by atoms with Gasteiger partial charge < -0.3 is 10.2 Å². The van der Waals surface area contributed by atoms with Gasteiger partial charge in [-0.1, -0.05) is 172 Å². The molecule has 46 heavy (non-hydrogen) atoms. The SMILES string of the molecule is CCCCC/C=C\C/C=C\CCCCCCCCCC(CCCCCCCC/C=C\C/C=C\CCCCC)CC1CNCCN1C. The Labute approximate surface area is 290 Å². The number of allylic oxidation sites excluding steroid dienone is 8. The molecule has 0 spiro atoms. The molecule has 1 heterocycles. The van der Waals surface area contributed by atoms with Crippen molar-refractivity contribution in [2.45, 2.75) is 200 Å². The molecule has 0 aromatic carbocycles. The highest BCUT2D eigenvalue weighted by Gasteiger charge is 2.22. The summed E-state index contributed by atoms with van der Waals surface area (Å²) >= 11 is 0. The van der Waals surface area contributed by atoms with Crippen LogP contribution in [0.2, 0.25) is 0 Å². The molecule has 1 saturated heterocycles. The van der Waals surface area contributed by atoms with Crippen molar-refractivity contribution in [3.8, 4) is 0 Å². The fraction of sp³-hybridized carbons (Fsp3) is 0.818. The first-order valence-corrected chi connectivity index (χ1v) is 20.8. The van der Waals surface area contributed by atoms with E-state index in [-0.39, 0.29) is 0 Å². The van der Waals surface area contributed by atoms with Gasteiger partial charge in [0.25, 0.3) is 0 Å². The molecule has 2 atom stereocenters. The second-order valence-electron chi connectivity index (χ2n) is 14.5. The van der Waals surface area contributed by atoms with Crippen molar-refractivity contribution in [2.75, 3.05) is 26.7 Å². The predicted octanol–water partition coefficient (Wildman–Crippen LogP) is 13.7. The Bertz CT molecular complexity index is 719. The lowest BCUT2D eigenvalue weighted by Crippen LogP contribution is -2.49. The van der Waals surface area contributed by atoms with Crippen LogP contribution in [0, 0.1) is 5.92 Å². The summed E-state index contributed by atoms with van der Waals surface area (Å²) in [5, 5.41) is 3.66. The summed E-state index contributed by atoms with van der Waals surface area (Å²) in [5.74, 6) is 0.927. The maximum absolute atomic E-state index is 3.66. The molecule has 1 N–H and O–H groups in total. The summed E-state index contributed by atoms with van der Waals surface area (Å²) in [5.41, 5.74) is 0. The van der Waals surface area contributed by atoms with E-state index in [0.29, 0.717) is 0 Å². The fourth-order valence-electron chi connectivity index (χ4n) is 6.91. The van der Waals surface area contributed by atoms with Crippen molar-refractivity contribution in [3.63, 3.8) is 0 Å². The minimum atomic E-state index is 0.749. The molecule has 0 aromatic heterocycles. The molecule has 0 saturated carbocycles. The van der Waals surface area contributed by atoms with Crippen molar-refractivity contribution >= 4 is 0 Å². The van der Waals surface area contributed by atoms with Crippen molar-refractivity contribution in [1.82, 2.24) is 10.2 Å². The molecule has 0 aliphatic carbocycles. The monoisotopic (exact) mass is 639 g/mol. The summed E-state index contributed by atoms with van der Waals surface area (Å²) in [6, 6.07) is 0.749. The Morgan fingerprint density at radius 1 is 0.522 bits per heavy atom. The Morgan fingerprint density at radius 3 is 1.33 bits per heavy atom. The Hall–Kier alpha value is -1.12. The highest BCUT2D eigenvalue weighted by molar-refractivity contribution is 4.93. The molecular weight excluding hydrogens is 556 g/mol. The van der Waals surface area contributed by atoms with Crippen LogP contribution >= 0.6 is 0 Å². The standard InChI is InChI=1S/C44H82N2/c1-4-6-8-10-12-14-16-18-20-22-24-26-28-30-32-34-36-38-43(41-44-42-45-39-40-46(44)3)37-35-33-31-29-27-25-23-21-19-17-15-13-11-9-7-5-2/h12-15,18-21,43-45H,4-11,16-17,22-42H2,1-3H3/b14-12-,15-13-,20-18-,21-19-. The number of hydrogen-bond acceptors (Lipinski definition) is 2. The van der Waals surface area contributed by atoms with E-state index < -0.39 is 0 Å². The first-order chi connectivity index (χ1) is 22.8. The first-order valence-electron chi connectivity index (χ1n) is 20.8. The second kappa shape index (κ2) is 35.2. The molecule has 0 bridgehead atoms. The zero-order valence-electron chi connectivity index (χ0n) is 31.6. The quantitative estimate of drug-likeness (QED) is 0.0568. The molecule has 0 radical (unpaired) electrons. The number of nitrogens with one attached hydrogen (secondary N) is 1. The second-order valence-corrected chi connectivity index (χ2v) is 14.5. The van der Waals surface area contributed by atoms with Gasteiger partial charge >= 0.3 is 0 Å². The van der Waals surface area contributed by atoms with Gasteiger partial charge in [-0.2, -0.15) is 0 Å². The summed E-state index contributed by atoms with van der Waals surface area (Å²) in [6.45, 7) is 8.13. The largest absolute Gasteiger partial charge is 0.314 e. The lowest BCUT2D eigenvalue weighted by Gasteiger charge is -2.35. The van der Waals surface area contributed by atoms with Crippen LogP contribution in [0.15, 0.2) is 48.6 Å². The van der Waals surface area contributed by atoms with Gasteiger partial charge in [-0.25, -0.2) is 0 Å². The lowest BCUT2D eigenvalue weighted by molar-refractivity contribution is 0.163. The molecule has 1 aliphatic heterocycles. The molecule has 2 heteroatoms. The van der Waals surface area contributed by atoms with Crippen molar-refractivity contribution in [3.05, 3.63) is 48.6 Å². The highest BCUT2D eigenvalue weighted by Crippen LogP contribution is 2.25. The Morgan fingerprint density at radius 2 is 0.913 bits per heavy atom. The van der Waals surface area contributed by atoms with Gasteiger partial charge in [0, 0.05) is 25.7 Å². The van der Waals surface area contributed by atoms with Gasteiger partial charge in [-0.05, 0) is 83.6 Å². The number of likely N-dealkylation sites (N-methyl/N-ethyl adjacent to an activating group) is 1. The van der Waals surface area contributed by atoms with Crippen LogP contribution < -0.4 is 5.32 Å². The van der Waals surface area contributed by atoms with Gasteiger partial charge in [0.2, 0.25) is 0 Å². The normalized spacial score (nSPS) is 17.1. The molecule has 2 unspecified atom stereocenters. The van der Waals surface area contributed by atoms with E-state index in [9.17, 15) is 0 Å². The molecule has 0 amide bonds. The van der Waals surface area contributed by atoms with Gasteiger partial charge in [0.05, 0.1) is 0 Å². The van der Waals surface area contributed by atoms with Crippen LogP contribution in [0.1, 0.15) is 194 Å². The third-order valence-corrected chi connectivity index (χ3v) is 10.1. The van der Waals surface area contributed by atoms with E-state index in [1.54, 1.807) is 0 Å². The maximum atomic E-state index is 3.66. The van der Waals surface area contributed by atoms with E-state index in [2.05, 4.69) is 79.7 Å². The van der Waals surface area contributed by atoms with Crippen LogP contribution in [0.25, 0.3) is 0 Å². The minimum Gasteiger partial charge on any atom is -0.314 e. The molecule has 0 aromatic rings. The Balaban J connectivity index is 2.08. The molecule has 2 nitrogen and oxygen atoms in total. The first kappa shape index (κ1) is 42.9.